The van der Waals surface area contributed by atoms with Gasteiger partial charge in [0.25, 0.3) is 5.69 Å². The van der Waals surface area contributed by atoms with Crippen LogP contribution in [0.5, 0.6) is 11.5 Å². The molecule has 0 saturated carbocycles. The molecule has 29 heavy (non-hydrogen) atoms. The zero-order valence-corrected chi connectivity index (χ0v) is 16.0. The number of ether oxygens (including phenoxy) is 2. The van der Waals surface area contributed by atoms with Gasteiger partial charge in [0.2, 0.25) is 6.10 Å². The Morgan fingerprint density at radius 3 is 2.62 bits per heavy atom. The number of fused-ring (bicyclic) bond motifs is 1. The minimum atomic E-state index is -2.60. The first-order valence-corrected chi connectivity index (χ1v) is 8.86. The normalized spacial score (nSPS) is 22.9. The van der Waals surface area contributed by atoms with Crippen LogP contribution in [0.3, 0.4) is 0 Å². The van der Waals surface area contributed by atoms with Gasteiger partial charge in [-0.15, -0.1) is 6.58 Å². The summed E-state index contributed by atoms with van der Waals surface area (Å²) < 4.78 is 11.0. The van der Waals surface area contributed by atoms with Crippen molar-refractivity contribution in [3.8, 4) is 11.5 Å². The third-order valence-electron chi connectivity index (χ3n) is 4.77. The molecule has 1 heterocycles. The monoisotopic (exact) mass is 420 g/mol. The van der Waals surface area contributed by atoms with E-state index < -0.39 is 32.7 Å². The fourth-order valence-electron chi connectivity index (χ4n) is 3.35. The maximum Gasteiger partial charge on any atom is 0.365 e. The second-order valence-corrected chi connectivity index (χ2v) is 7.00. The molecule has 0 unspecified atom stereocenters. The molecule has 0 bridgehead atoms. The van der Waals surface area contributed by atoms with E-state index >= 15 is 0 Å². The van der Waals surface area contributed by atoms with E-state index in [1.54, 1.807) is 18.2 Å². The lowest BCUT2D eigenvalue weighted by Crippen LogP contribution is -2.49. The summed E-state index contributed by atoms with van der Waals surface area (Å²) in [6, 6.07) is 8.51. The van der Waals surface area contributed by atoms with Gasteiger partial charge in [-0.2, -0.15) is 0 Å². The minimum absolute atomic E-state index is 0.123. The van der Waals surface area contributed by atoms with E-state index in [1.165, 1.54) is 25.3 Å². The van der Waals surface area contributed by atoms with Gasteiger partial charge in [0, 0.05) is 11.6 Å². The number of benzene rings is 2. The molecular formula is C19H17ClN2O7. The Kier molecular flexibility index (Phi) is 5.45. The number of allylic oxidation sites excluding steroid dienone is 1. The summed E-state index contributed by atoms with van der Waals surface area (Å²) >= 11 is 6.33. The van der Waals surface area contributed by atoms with Crippen LogP contribution in [0.25, 0.3) is 0 Å². The number of nitro benzene ring substituents is 1. The molecular weight excluding hydrogens is 404 g/mol. The number of nitrogens with zero attached hydrogens (tertiary/aromatic N) is 2. The van der Waals surface area contributed by atoms with Gasteiger partial charge < -0.3 is 14.6 Å². The summed E-state index contributed by atoms with van der Waals surface area (Å²) in [6.07, 6.45) is -1.49. The molecule has 10 heteroatoms. The van der Waals surface area contributed by atoms with Crippen LogP contribution in [0.2, 0.25) is 0 Å². The lowest BCUT2D eigenvalue weighted by Gasteiger charge is -2.37. The summed E-state index contributed by atoms with van der Waals surface area (Å²) in [5, 5.41) is 34.4. The van der Waals surface area contributed by atoms with Crippen molar-refractivity contribution < 1.29 is 24.4 Å². The van der Waals surface area contributed by atoms with E-state index in [-0.39, 0.29) is 22.6 Å². The maximum atomic E-state index is 11.9. The van der Waals surface area contributed by atoms with Crippen LogP contribution in [-0.4, -0.2) is 27.1 Å². The predicted molar refractivity (Wildman–Crippen MR) is 104 cm³/mol. The number of hydrogen-bond acceptors (Lipinski definition) is 7. The maximum absolute atomic E-state index is 11.9. The average molecular weight is 421 g/mol. The Balaban J connectivity index is 2.29. The van der Waals surface area contributed by atoms with Gasteiger partial charge in [-0.05, 0) is 35.7 Å². The highest BCUT2D eigenvalue weighted by Gasteiger charge is 2.63. The second kappa shape index (κ2) is 7.69. The number of aliphatic hydroxyl groups excluding tert-OH is 1. The van der Waals surface area contributed by atoms with Crippen molar-refractivity contribution in [3.63, 3.8) is 0 Å². The van der Waals surface area contributed by atoms with Crippen molar-refractivity contribution >= 4 is 17.3 Å². The van der Waals surface area contributed by atoms with Crippen molar-refractivity contribution in [1.29, 1.82) is 0 Å². The number of halogens is 1. The van der Waals surface area contributed by atoms with Gasteiger partial charge in [-0.1, -0.05) is 24.3 Å². The van der Waals surface area contributed by atoms with Crippen molar-refractivity contribution in [2.24, 2.45) is 0 Å². The van der Waals surface area contributed by atoms with E-state index in [0.29, 0.717) is 12.0 Å². The molecule has 0 radical (unpaired) electrons. The number of alkyl halides is 1. The molecule has 9 nitrogen and oxygen atoms in total. The van der Waals surface area contributed by atoms with Gasteiger partial charge >= 0.3 is 5.00 Å². The Morgan fingerprint density at radius 2 is 2.03 bits per heavy atom. The van der Waals surface area contributed by atoms with Gasteiger partial charge in [-0.25, -0.2) is 0 Å². The number of nitro groups is 2. The first-order valence-electron chi connectivity index (χ1n) is 8.48. The Morgan fingerprint density at radius 1 is 1.31 bits per heavy atom. The van der Waals surface area contributed by atoms with Gasteiger partial charge in [0.05, 0.1) is 22.5 Å². The van der Waals surface area contributed by atoms with Crippen molar-refractivity contribution in [2.45, 2.75) is 23.6 Å². The van der Waals surface area contributed by atoms with Crippen LogP contribution < -0.4 is 9.47 Å². The third kappa shape index (κ3) is 3.28. The molecule has 1 aliphatic rings. The number of para-hydroxylation sites is 1. The summed E-state index contributed by atoms with van der Waals surface area (Å²) in [5.74, 6) is 0.399. The Hall–Kier alpha value is -3.17. The highest BCUT2D eigenvalue weighted by molar-refractivity contribution is 6.23. The lowest BCUT2D eigenvalue weighted by molar-refractivity contribution is -0.571. The van der Waals surface area contributed by atoms with E-state index in [2.05, 4.69) is 6.58 Å². The average Bonchev–Trinajstić information content (AvgIpc) is 2.70. The molecule has 2 aromatic carbocycles. The molecule has 0 saturated heterocycles. The van der Waals surface area contributed by atoms with Crippen LogP contribution in [0.15, 0.2) is 49.1 Å². The van der Waals surface area contributed by atoms with Crippen LogP contribution >= 0.6 is 11.6 Å². The molecule has 0 fully saturated rings. The second-order valence-electron chi connectivity index (χ2n) is 6.40. The standard InChI is InChI=1S/C19H17ClN2O7/c1-3-5-11-6-4-7-13-16(11)29-18(19(20,17(13)23)22(26)27)14-10-12(28-2)8-9-15(14)21(24)25/h3-4,6-10,17-18,23H,1,5H2,2H3/t17-,18-,19+/m0/s1. The quantitative estimate of drug-likeness (QED) is 0.248. The van der Waals surface area contributed by atoms with Gasteiger partial charge in [-0.3, -0.25) is 20.2 Å². The van der Waals surface area contributed by atoms with Gasteiger partial charge in [0.1, 0.15) is 11.5 Å². The third-order valence-corrected chi connectivity index (χ3v) is 5.31. The Labute approximate surface area is 170 Å². The summed E-state index contributed by atoms with van der Waals surface area (Å²) in [4.78, 5) is 19.3. The van der Waals surface area contributed by atoms with Crippen molar-refractivity contribution in [2.75, 3.05) is 7.11 Å². The molecule has 0 aromatic heterocycles. The molecule has 0 amide bonds. The molecule has 152 valence electrons. The fourth-order valence-corrected chi connectivity index (χ4v) is 3.63. The van der Waals surface area contributed by atoms with E-state index in [1.807, 2.05) is 0 Å². The molecule has 1 aliphatic heterocycles. The number of rotatable bonds is 6. The van der Waals surface area contributed by atoms with Crippen molar-refractivity contribution in [1.82, 2.24) is 0 Å². The molecule has 0 spiro atoms. The summed E-state index contributed by atoms with van der Waals surface area (Å²) in [5.41, 5.74) is 0.102. The topological polar surface area (TPSA) is 125 Å². The first kappa shape index (κ1) is 20.6. The lowest BCUT2D eigenvalue weighted by atomic mass is 9.87. The zero-order chi connectivity index (χ0) is 21.3. The highest BCUT2D eigenvalue weighted by atomic mass is 35.5. The largest absolute Gasteiger partial charge is 0.497 e. The molecule has 1 N–H and O–H groups in total. The van der Waals surface area contributed by atoms with Gasteiger partial charge in [0.15, 0.2) is 6.10 Å². The van der Waals surface area contributed by atoms with E-state index in [0.717, 1.165) is 6.07 Å². The zero-order valence-electron chi connectivity index (χ0n) is 15.3. The number of methoxy groups -OCH3 is 1. The minimum Gasteiger partial charge on any atom is -0.497 e. The van der Waals surface area contributed by atoms with E-state index in [4.69, 9.17) is 21.1 Å². The fraction of sp³-hybridized carbons (Fsp3) is 0.263. The van der Waals surface area contributed by atoms with E-state index in [9.17, 15) is 25.3 Å². The number of aliphatic hydroxyl groups is 1. The Bertz CT molecular complexity index is 997. The smallest absolute Gasteiger partial charge is 0.365 e. The van der Waals surface area contributed by atoms with Crippen LogP contribution in [0, 0.1) is 20.2 Å². The first-order chi connectivity index (χ1) is 13.7. The summed E-state index contributed by atoms with van der Waals surface area (Å²) in [6.45, 7) is 3.66. The molecule has 3 rings (SSSR count). The predicted octanol–water partition coefficient (Wildman–Crippen LogP) is 3.71. The molecule has 2 aromatic rings. The molecule has 0 aliphatic carbocycles. The van der Waals surface area contributed by atoms with Crippen LogP contribution in [0.1, 0.15) is 28.9 Å². The SMILES string of the molecule is C=CCc1cccc2c1O[C@@H](c1cc(OC)ccc1[N+](=O)[O-])[C@](Cl)([N+](=O)[O-])[C@H]2O. The van der Waals surface area contributed by atoms with Crippen molar-refractivity contribution in [3.05, 3.63) is 86.0 Å². The summed E-state index contributed by atoms with van der Waals surface area (Å²) in [7, 11) is 1.35. The number of hydrogen-bond donors (Lipinski definition) is 1. The highest BCUT2D eigenvalue weighted by Crippen LogP contribution is 2.54. The molecule has 3 atom stereocenters. The van der Waals surface area contributed by atoms with Crippen LogP contribution in [0.4, 0.5) is 5.69 Å². The van der Waals surface area contributed by atoms with Crippen LogP contribution in [-0.2, 0) is 6.42 Å².